The summed E-state index contributed by atoms with van der Waals surface area (Å²) in [7, 11) is -6.87. The molecule has 2 heterocycles. The van der Waals surface area contributed by atoms with E-state index in [-0.39, 0.29) is 53.0 Å². The summed E-state index contributed by atoms with van der Waals surface area (Å²) in [5, 5.41) is 10.4. The van der Waals surface area contributed by atoms with Gasteiger partial charge in [-0.1, -0.05) is 34.9 Å². The number of aromatic nitrogens is 2. The van der Waals surface area contributed by atoms with Crippen molar-refractivity contribution in [2.24, 2.45) is 5.92 Å². The molecule has 1 saturated heterocycles. The topological polar surface area (TPSA) is 140 Å². The lowest BCUT2D eigenvalue weighted by molar-refractivity contribution is -0.121. The maximum atomic E-state index is 12.8. The number of carbonyl (C=O) groups is 1. The molecule has 4 rings (SSSR count). The zero-order valence-electron chi connectivity index (χ0n) is 19.3. The lowest BCUT2D eigenvalue weighted by Gasteiger charge is -2.30. The van der Waals surface area contributed by atoms with Gasteiger partial charge in [0, 0.05) is 25.3 Å². The molecule has 35 heavy (non-hydrogen) atoms. The van der Waals surface area contributed by atoms with Gasteiger partial charge in [-0.15, -0.1) is 5.10 Å². The minimum Gasteiger partial charge on any atom is -0.407 e. The first kappa shape index (κ1) is 25.0. The molecule has 0 unspecified atom stereocenters. The third-order valence-electron chi connectivity index (χ3n) is 5.89. The van der Waals surface area contributed by atoms with Gasteiger partial charge < -0.3 is 4.42 Å². The summed E-state index contributed by atoms with van der Waals surface area (Å²) in [6, 6.07) is 13.0. The minimum absolute atomic E-state index is 0.0348. The zero-order valence-corrected chi connectivity index (χ0v) is 21.0. The van der Waals surface area contributed by atoms with Crippen LogP contribution in [0.1, 0.15) is 29.9 Å². The van der Waals surface area contributed by atoms with Gasteiger partial charge in [-0.2, -0.15) is 4.31 Å². The van der Waals surface area contributed by atoms with Crippen molar-refractivity contribution < 1.29 is 26.0 Å². The highest BCUT2D eigenvalue weighted by molar-refractivity contribution is 7.90. The van der Waals surface area contributed by atoms with Crippen molar-refractivity contribution in [3.63, 3.8) is 0 Å². The predicted molar refractivity (Wildman–Crippen MR) is 128 cm³/mol. The number of hydrogen-bond acceptors (Lipinski definition) is 8. The zero-order chi connectivity index (χ0) is 25.2. The van der Waals surface area contributed by atoms with Crippen molar-refractivity contribution in [2.75, 3.05) is 24.7 Å². The van der Waals surface area contributed by atoms with Gasteiger partial charge in [0.05, 0.1) is 16.2 Å². The quantitative estimate of drug-likeness (QED) is 0.503. The van der Waals surface area contributed by atoms with Crippen LogP contribution in [0.2, 0.25) is 0 Å². The normalized spacial score (nSPS) is 15.7. The smallest absolute Gasteiger partial charge is 0.322 e. The van der Waals surface area contributed by atoms with E-state index in [1.807, 2.05) is 6.92 Å². The Morgan fingerprint density at radius 1 is 0.971 bits per heavy atom. The fraction of sp³-hybridized carbons (Fsp3) is 0.348. The van der Waals surface area contributed by atoms with Crippen LogP contribution in [0.25, 0.3) is 0 Å². The highest BCUT2D eigenvalue weighted by atomic mass is 32.2. The number of sulfone groups is 1. The van der Waals surface area contributed by atoms with E-state index in [0.29, 0.717) is 12.8 Å². The SMILES string of the molecule is Cc1ccc(S(=O)(=O)N2CCC(C(=O)Nc3nnc(Cc4ccc(S(C)(=O)=O)cc4)o3)CC2)cc1. The van der Waals surface area contributed by atoms with Crippen LogP contribution < -0.4 is 5.32 Å². The molecule has 1 aliphatic rings. The molecule has 1 aromatic heterocycles. The Morgan fingerprint density at radius 3 is 2.17 bits per heavy atom. The van der Waals surface area contributed by atoms with E-state index in [0.717, 1.165) is 17.4 Å². The highest BCUT2D eigenvalue weighted by Gasteiger charge is 2.32. The average Bonchev–Trinajstić information content (AvgIpc) is 3.25. The van der Waals surface area contributed by atoms with Crippen LogP contribution in [0.5, 0.6) is 0 Å². The minimum atomic E-state index is -3.60. The number of sulfonamides is 1. The second kappa shape index (κ2) is 9.88. The summed E-state index contributed by atoms with van der Waals surface area (Å²) in [5.41, 5.74) is 1.76. The molecule has 0 spiro atoms. The molecule has 0 saturated carbocycles. The molecule has 12 heteroatoms. The number of aryl methyl sites for hydroxylation is 1. The molecular weight excluding hydrogens is 492 g/mol. The summed E-state index contributed by atoms with van der Waals surface area (Å²) < 4.78 is 55.7. The molecule has 1 N–H and O–H groups in total. The first-order chi connectivity index (χ1) is 16.5. The van der Waals surface area contributed by atoms with Gasteiger partial charge in [0.25, 0.3) is 0 Å². The van der Waals surface area contributed by atoms with E-state index in [2.05, 4.69) is 15.5 Å². The van der Waals surface area contributed by atoms with Crippen LogP contribution in [0.3, 0.4) is 0 Å². The summed E-state index contributed by atoms with van der Waals surface area (Å²) >= 11 is 0. The molecule has 1 amide bonds. The van der Waals surface area contributed by atoms with Gasteiger partial charge in [0.1, 0.15) is 0 Å². The average molecular weight is 519 g/mol. The van der Waals surface area contributed by atoms with E-state index >= 15 is 0 Å². The number of benzene rings is 2. The predicted octanol–water partition coefficient (Wildman–Crippen LogP) is 2.41. The highest BCUT2D eigenvalue weighted by Crippen LogP contribution is 2.25. The monoisotopic (exact) mass is 518 g/mol. The van der Waals surface area contributed by atoms with E-state index in [1.54, 1.807) is 36.4 Å². The van der Waals surface area contributed by atoms with Crippen molar-refractivity contribution >= 4 is 31.8 Å². The Kier molecular flexibility index (Phi) is 7.06. The number of carbonyl (C=O) groups excluding carboxylic acids is 1. The molecule has 0 radical (unpaired) electrons. The van der Waals surface area contributed by atoms with Gasteiger partial charge in [-0.25, -0.2) is 16.8 Å². The molecule has 0 bridgehead atoms. The molecule has 186 valence electrons. The maximum Gasteiger partial charge on any atom is 0.322 e. The number of rotatable bonds is 7. The number of amides is 1. The van der Waals surface area contributed by atoms with E-state index in [1.165, 1.54) is 16.4 Å². The summed E-state index contributed by atoms with van der Waals surface area (Å²) in [6.07, 6.45) is 2.18. The fourth-order valence-corrected chi connectivity index (χ4v) is 5.93. The number of nitrogens with zero attached hydrogens (tertiary/aromatic N) is 3. The number of hydrogen-bond donors (Lipinski definition) is 1. The largest absolute Gasteiger partial charge is 0.407 e. The van der Waals surface area contributed by atoms with Crippen LogP contribution >= 0.6 is 0 Å². The second-order valence-electron chi connectivity index (χ2n) is 8.57. The van der Waals surface area contributed by atoms with Crippen LogP contribution in [0.15, 0.2) is 62.7 Å². The van der Waals surface area contributed by atoms with E-state index in [9.17, 15) is 21.6 Å². The van der Waals surface area contributed by atoms with Crippen LogP contribution in [0.4, 0.5) is 6.01 Å². The first-order valence-corrected chi connectivity index (χ1v) is 14.3. The Hall–Kier alpha value is -3.09. The van der Waals surface area contributed by atoms with E-state index < -0.39 is 19.9 Å². The number of anilines is 1. The van der Waals surface area contributed by atoms with E-state index in [4.69, 9.17) is 4.42 Å². The Bertz CT molecular complexity index is 1410. The van der Waals surface area contributed by atoms with Crippen LogP contribution in [-0.2, 0) is 31.1 Å². The molecule has 1 fully saturated rings. The van der Waals surface area contributed by atoms with Crippen molar-refractivity contribution in [3.8, 4) is 0 Å². The maximum absolute atomic E-state index is 12.8. The summed E-state index contributed by atoms with van der Waals surface area (Å²) in [4.78, 5) is 13.1. The van der Waals surface area contributed by atoms with Gasteiger partial charge in [-0.05, 0) is 49.6 Å². The van der Waals surface area contributed by atoms with Crippen LogP contribution in [-0.4, -0.2) is 56.6 Å². The number of piperidine rings is 1. The molecule has 3 aromatic rings. The molecule has 10 nitrogen and oxygen atoms in total. The lowest BCUT2D eigenvalue weighted by Crippen LogP contribution is -2.41. The van der Waals surface area contributed by atoms with Gasteiger partial charge in [-0.3, -0.25) is 10.1 Å². The second-order valence-corrected chi connectivity index (χ2v) is 12.5. The fourth-order valence-electron chi connectivity index (χ4n) is 3.83. The molecule has 0 atom stereocenters. The summed E-state index contributed by atoms with van der Waals surface area (Å²) in [6.45, 7) is 2.38. The van der Waals surface area contributed by atoms with Crippen molar-refractivity contribution in [1.82, 2.24) is 14.5 Å². The van der Waals surface area contributed by atoms with Crippen molar-refractivity contribution in [1.29, 1.82) is 0 Å². The summed E-state index contributed by atoms with van der Waals surface area (Å²) in [5.74, 6) is -0.408. The van der Waals surface area contributed by atoms with Gasteiger partial charge in [0.2, 0.25) is 21.8 Å². The molecule has 1 aliphatic heterocycles. The lowest BCUT2D eigenvalue weighted by atomic mass is 9.97. The van der Waals surface area contributed by atoms with Crippen LogP contribution in [0, 0.1) is 12.8 Å². The Morgan fingerprint density at radius 2 is 1.57 bits per heavy atom. The third-order valence-corrected chi connectivity index (χ3v) is 8.93. The first-order valence-electron chi connectivity index (χ1n) is 11.0. The van der Waals surface area contributed by atoms with Crippen molar-refractivity contribution in [3.05, 3.63) is 65.5 Å². The third kappa shape index (κ3) is 5.95. The van der Waals surface area contributed by atoms with Crippen molar-refractivity contribution in [2.45, 2.75) is 36.0 Å². The molecule has 2 aromatic carbocycles. The molecular formula is C23H26N4O6S2. The Balaban J connectivity index is 1.31. The Labute approximate surface area is 204 Å². The molecule has 0 aliphatic carbocycles. The standard InChI is InChI=1S/C23H26N4O6S2/c1-16-3-7-20(8-4-16)35(31,32)27-13-11-18(12-14-27)22(28)24-23-26-25-21(33-23)15-17-5-9-19(10-6-17)34(2,29)30/h3-10,18H,11-15H2,1-2H3,(H,24,26,28). The van der Waals surface area contributed by atoms with Gasteiger partial charge in [0.15, 0.2) is 9.84 Å². The number of nitrogens with one attached hydrogen (secondary N) is 1. The van der Waals surface area contributed by atoms with Gasteiger partial charge >= 0.3 is 6.01 Å².